The first-order chi connectivity index (χ1) is 9.16. The van der Waals surface area contributed by atoms with Gasteiger partial charge in [-0.3, -0.25) is 4.79 Å². The second-order valence-electron chi connectivity index (χ2n) is 6.09. The molecule has 0 aromatic heterocycles. The predicted octanol–water partition coefficient (Wildman–Crippen LogP) is 2.74. The van der Waals surface area contributed by atoms with Gasteiger partial charge in [0.15, 0.2) is 11.6 Å². The van der Waals surface area contributed by atoms with E-state index in [-0.39, 0.29) is 11.6 Å². The first-order valence-electron chi connectivity index (χ1n) is 6.91. The van der Waals surface area contributed by atoms with Gasteiger partial charge in [0, 0.05) is 6.04 Å². The lowest BCUT2D eigenvalue weighted by Crippen LogP contribution is -2.30. The Morgan fingerprint density at radius 3 is 2.53 bits per heavy atom. The summed E-state index contributed by atoms with van der Waals surface area (Å²) in [5.74, 6) is 0.197. The summed E-state index contributed by atoms with van der Waals surface area (Å²) < 4.78 is 26.6. The molecule has 1 aromatic rings. The highest BCUT2D eigenvalue weighted by atomic mass is 19.2. The molecule has 3 saturated carbocycles. The number of carbonyl (C=O) groups excluding carboxylic acids is 1. The number of rotatable bonds is 2. The van der Waals surface area contributed by atoms with Gasteiger partial charge in [-0.15, -0.1) is 0 Å². The van der Waals surface area contributed by atoms with Crippen LogP contribution >= 0.6 is 0 Å². The molecule has 0 aliphatic heterocycles. The van der Waals surface area contributed by atoms with E-state index in [4.69, 9.17) is 0 Å². The third-order valence-electron chi connectivity index (χ3n) is 5.23. The van der Waals surface area contributed by atoms with Crippen molar-refractivity contribution in [3.63, 3.8) is 0 Å². The average molecular weight is 263 g/mol. The second kappa shape index (κ2) is 3.78. The zero-order valence-electron chi connectivity index (χ0n) is 10.4. The van der Waals surface area contributed by atoms with Crippen LogP contribution in [0.1, 0.15) is 29.6 Å². The lowest BCUT2D eigenvalue weighted by atomic mass is 10.0. The summed E-state index contributed by atoms with van der Waals surface area (Å²) in [7, 11) is 0. The Labute approximate surface area is 110 Å². The average Bonchev–Trinajstić information content (AvgIpc) is 2.81. The molecular weight excluding hydrogens is 248 g/mol. The maximum atomic E-state index is 13.5. The van der Waals surface area contributed by atoms with Crippen molar-refractivity contribution in [2.24, 2.45) is 23.7 Å². The Bertz CT molecular complexity index is 543. The summed E-state index contributed by atoms with van der Waals surface area (Å²) in [6, 6.07) is 3.92. The van der Waals surface area contributed by atoms with Crippen LogP contribution in [0.25, 0.3) is 0 Å². The molecule has 0 spiro atoms. The van der Waals surface area contributed by atoms with E-state index in [1.54, 1.807) is 0 Å². The van der Waals surface area contributed by atoms with Gasteiger partial charge < -0.3 is 5.32 Å². The van der Waals surface area contributed by atoms with E-state index in [9.17, 15) is 13.6 Å². The highest BCUT2D eigenvalue weighted by Gasteiger charge is 2.65. The summed E-state index contributed by atoms with van der Waals surface area (Å²) in [6.45, 7) is 0. The van der Waals surface area contributed by atoms with Crippen molar-refractivity contribution in [3.05, 3.63) is 35.4 Å². The molecule has 3 aliphatic rings. The topological polar surface area (TPSA) is 29.1 Å². The van der Waals surface area contributed by atoms with E-state index < -0.39 is 17.5 Å². The van der Waals surface area contributed by atoms with E-state index in [1.165, 1.54) is 31.4 Å². The molecule has 0 saturated heterocycles. The third-order valence-corrected chi connectivity index (χ3v) is 5.23. The Morgan fingerprint density at radius 1 is 1.16 bits per heavy atom. The van der Waals surface area contributed by atoms with E-state index in [1.807, 2.05) is 0 Å². The molecule has 2 nitrogen and oxygen atoms in total. The minimum atomic E-state index is -1.05. The minimum Gasteiger partial charge on any atom is -0.349 e. The van der Waals surface area contributed by atoms with Crippen LogP contribution < -0.4 is 5.32 Å². The summed E-state index contributed by atoms with van der Waals surface area (Å²) in [5.41, 5.74) is -0.183. The molecule has 1 amide bonds. The molecule has 4 rings (SSSR count). The number of fused-ring (bicyclic) bond motifs is 5. The highest BCUT2D eigenvalue weighted by Crippen LogP contribution is 2.65. The molecule has 3 aliphatic carbocycles. The van der Waals surface area contributed by atoms with Crippen molar-refractivity contribution in [2.45, 2.75) is 25.3 Å². The van der Waals surface area contributed by atoms with Gasteiger partial charge in [-0.05, 0) is 55.1 Å². The van der Waals surface area contributed by atoms with Crippen LogP contribution in [0.5, 0.6) is 0 Å². The SMILES string of the molecule is O=C(NC1C2C3CCC(C3)C12)c1cccc(F)c1F. The molecule has 0 radical (unpaired) electrons. The van der Waals surface area contributed by atoms with Crippen molar-refractivity contribution >= 4 is 5.91 Å². The summed E-state index contributed by atoms with van der Waals surface area (Å²) in [5, 5.41) is 2.90. The van der Waals surface area contributed by atoms with Gasteiger partial charge in [0.25, 0.3) is 5.91 Å². The number of amides is 1. The summed E-state index contributed by atoms with van der Waals surface area (Å²) in [6.07, 6.45) is 3.84. The van der Waals surface area contributed by atoms with Gasteiger partial charge >= 0.3 is 0 Å². The minimum absolute atomic E-state index is 0.183. The van der Waals surface area contributed by atoms with Crippen LogP contribution in [-0.2, 0) is 0 Å². The third kappa shape index (κ3) is 1.55. The molecule has 4 unspecified atom stereocenters. The molecule has 4 heteroatoms. The fraction of sp³-hybridized carbons (Fsp3) is 0.533. The van der Waals surface area contributed by atoms with Crippen LogP contribution in [0, 0.1) is 35.3 Å². The maximum absolute atomic E-state index is 13.5. The number of hydrogen-bond acceptors (Lipinski definition) is 1. The predicted molar refractivity (Wildman–Crippen MR) is 65.4 cm³/mol. The van der Waals surface area contributed by atoms with Gasteiger partial charge in [-0.25, -0.2) is 8.78 Å². The van der Waals surface area contributed by atoms with E-state index >= 15 is 0 Å². The molecular formula is C15H15F2NO. The van der Waals surface area contributed by atoms with Crippen molar-refractivity contribution in [1.29, 1.82) is 0 Å². The lowest BCUT2D eigenvalue weighted by molar-refractivity contribution is 0.0939. The number of hydrogen-bond donors (Lipinski definition) is 1. The van der Waals surface area contributed by atoms with Gasteiger partial charge in [0.05, 0.1) is 5.56 Å². The summed E-state index contributed by atoms with van der Waals surface area (Å²) >= 11 is 0. The highest BCUT2D eigenvalue weighted by molar-refractivity contribution is 5.95. The zero-order valence-corrected chi connectivity index (χ0v) is 10.4. The number of nitrogens with one attached hydrogen (secondary N) is 1. The fourth-order valence-electron chi connectivity index (χ4n) is 4.43. The molecule has 3 fully saturated rings. The Hall–Kier alpha value is -1.45. The van der Waals surface area contributed by atoms with Crippen LogP contribution in [0.2, 0.25) is 0 Å². The monoisotopic (exact) mass is 263 g/mol. The number of benzene rings is 1. The lowest BCUT2D eigenvalue weighted by Gasteiger charge is -2.11. The number of halogens is 2. The Balaban J connectivity index is 1.50. The van der Waals surface area contributed by atoms with Gasteiger partial charge in [0.1, 0.15) is 0 Å². The van der Waals surface area contributed by atoms with Gasteiger partial charge in [-0.2, -0.15) is 0 Å². The molecule has 19 heavy (non-hydrogen) atoms. The van der Waals surface area contributed by atoms with Crippen LogP contribution in [-0.4, -0.2) is 11.9 Å². The van der Waals surface area contributed by atoms with E-state index in [0.717, 1.165) is 17.9 Å². The zero-order chi connectivity index (χ0) is 13.1. The Kier molecular flexibility index (Phi) is 2.26. The van der Waals surface area contributed by atoms with Crippen LogP contribution in [0.3, 0.4) is 0 Å². The van der Waals surface area contributed by atoms with Crippen LogP contribution in [0.15, 0.2) is 18.2 Å². The standard InChI is InChI=1S/C15H15F2NO/c16-10-3-1-2-9(13(10)17)15(19)18-14-11-7-4-5-8(6-7)12(11)14/h1-3,7-8,11-12,14H,4-6H2,(H,18,19). The second-order valence-corrected chi connectivity index (χ2v) is 6.09. The largest absolute Gasteiger partial charge is 0.349 e. The maximum Gasteiger partial charge on any atom is 0.254 e. The molecule has 0 heterocycles. The van der Waals surface area contributed by atoms with Crippen molar-refractivity contribution in [1.82, 2.24) is 5.32 Å². The molecule has 2 bridgehead atoms. The molecule has 4 atom stereocenters. The first kappa shape index (κ1) is 11.4. The quantitative estimate of drug-likeness (QED) is 0.873. The number of carbonyl (C=O) groups is 1. The van der Waals surface area contributed by atoms with E-state index in [0.29, 0.717) is 11.8 Å². The molecule has 1 aromatic carbocycles. The van der Waals surface area contributed by atoms with Gasteiger partial charge in [-0.1, -0.05) is 6.07 Å². The fourth-order valence-corrected chi connectivity index (χ4v) is 4.43. The van der Waals surface area contributed by atoms with Crippen LogP contribution in [0.4, 0.5) is 8.78 Å². The Morgan fingerprint density at radius 2 is 1.84 bits per heavy atom. The summed E-state index contributed by atoms with van der Waals surface area (Å²) in [4.78, 5) is 12.0. The molecule has 100 valence electrons. The molecule has 1 N–H and O–H groups in total. The van der Waals surface area contributed by atoms with Crippen molar-refractivity contribution < 1.29 is 13.6 Å². The first-order valence-corrected chi connectivity index (χ1v) is 6.91. The van der Waals surface area contributed by atoms with Crippen molar-refractivity contribution in [2.75, 3.05) is 0 Å². The normalized spacial score (nSPS) is 38.1. The van der Waals surface area contributed by atoms with Crippen molar-refractivity contribution in [3.8, 4) is 0 Å². The van der Waals surface area contributed by atoms with Gasteiger partial charge in [0.2, 0.25) is 0 Å². The van der Waals surface area contributed by atoms with E-state index in [2.05, 4.69) is 5.32 Å². The smallest absolute Gasteiger partial charge is 0.254 e.